The predicted octanol–water partition coefficient (Wildman–Crippen LogP) is 3.05. The second-order valence-corrected chi connectivity index (χ2v) is 4.85. The Balaban J connectivity index is 1.93. The van der Waals surface area contributed by atoms with Crippen LogP contribution in [0.5, 0.6) is 0 Å². The normalized spacial score (nSPS) is 17.1. The summed E-state index contributed by atoms with van der Waals surface area (Å²) in [4.78, 5) is 11.6. The van der Waals surface area contributed by atoms with Gasteiger partial charge in [0, 0.05) is 12.8 Å². The molecule has 0 aromatic rings. The molecular formula is C13H25NO. The number of Topliss-reactive ketones (excluding diaryl/α,β-unsaturated/α-hetero) is 1. The van der Waals surface area contributed by atoms with Gasteiger partial charge in [-0.2, -0.15) is 0 Å². The number of ketones is 1. The second-order valence-electron chi connectivity index (χ2n) is 4.85. The van der Waals surface area contributed by atoms with Crippen LogP contribution in [0.15, 0.2) is 0 Å². The van der Waals surface area contributed by atoms with Gasteiger partial charge in [-0.1, -0.05) is 38.5 Å². The molecule has 2 nitrogen and oxygen atoms in total. The fourth-order valence-electron chi connectivity index (χ4n) is 2.46. The molecule has 2 N–H and O–H groups in total. The van der Waals surface area contributed by atoms with E-state index in [2.05, 4.69) is 0 Å². The Bertz CT molecular complexity index is 173. The molecule has 15 heavy (non-hydrogen) atoms. The zero-order valence-corrected chi connectivity index (χ0v) is 9.84. The average molecular weight is 211 g/mol. The lowest BCUT2D eigenvalue weighted by Gasteiger charge is -2.07. The monoisotopic (exact) mass is 211 g/mol. The van der Waals surface area contributed by atoms with Crippen LogP contribution < -0.4 is 5.73 Å². The molecule has 0 radical (unpaired) electrons. The largest absolute Gasteiger partial charge is 0.330 e. The van der Waals surface area contributed by atoms with Gasteiger partial charge in [0.15, 0.2) is 0 Å². The van der Waals surface area contributed by atoms with E-state index in [4.69, 9.17) is 5.73 Å². The van der Waals surface area contributed by atoms with Gasteiger partial charge >= 0.3 is 0 Å². The molecule has 1 fully saturated rings. The number of hydrogen-bond acceptors (Lipinski definition) is 2. The lowest BCUT2D eigenvalue weighted by molar-refractivity contribution is -0.120. The molecule has 0 amide bonds. The summed E-state index contributed by atoms with van der Waals surface area (Å²) < 4.78 is 0. The number of carbonyl (C=O) groups is 1. The highest BCUT2D eigenvalue weighted by Gasteiger charge is 2.17. The van der Waals surface area contributed by atoms with Gasteiger partial charge in [-0.25, -0.2) is 0 Å². The maximum atomic E-state index is 11.6. The number of hydrogen-bond donors (Lipinski definition) is 1. The molecule has 0 bridgehead atoms. The first-order valence-corrected chi connectivity index (χ1v) is 6.54. The van der Waals surface area contributed by atoms with Crippen molar-refractivity contribution in [2.45, 2.75) is 64.2 Å². The van der Waals surface area contributed by atoms with Crippen molar-refractivity contribution in [1.82, 2.24) is 0 Å². The first-order valence-electron chi connectivity index (χ1n) is 6.54. The molecule has 0 aromatic heterocycles. The van der Waals surface area contributed by atoms with Gasteiger partial charge in [0.1, 0.15) is 5.78 Å². The van der Waals surface area contributed by atoms with Gasteiger partial charge in [-0.3, -0.25) is 4.79 Å². The van der Waals surface area contributed by atoms with Crippen LogP contribution in [0.2, 0.25) is 0 Å². The zero-order valence-electron chi connectivity index (χ0n) is 9.84. The third kappa shape index (κ3) is 5.93. The number of rotatable bonds is 8. The Kier molecular flexibility index (Phi) is 6.66. The highest BCUT2D eigenvalue weighted by Crippen LogP contribution is 2.28. The van der Waals surface area contributed by atoms with Crippen LogP contribution >= 0.6 is 0 Å². The molecule has 1 aliphatic carbocycles. The Morgan fingerprint density at radius 2 is 1.73 bits per heavy atom. The lowest BCUT2D eigenvalue weighted by atomic mass is 9.98. The fraction of sp³-hybridized carbons (Fsp3) is 0.923. The van der Waals surface area contributed by atoms with Crippen molar-refractivity contribution in [2.75, 3.05) is 6.54 Å². The molecule has 2 heteroatoms. The Morgan fingerprint density at radius 3 is 2.40 bits per heavy atom. The van der Waals surface area contributed by atoms with Crippen molar-refractivity contribution in [1.29, 1.82) is 0 Å². The smallest absolute Gasteiger partial charge is 0.133 e. The van der Waals surface area contributed by atoms with Gasteiger partial charge in [-0.15, -0.1) is 0 Å². The summed E-state index contributed by atoms with van der Waals surface area (Å²) in [5.74, 6) is 1.22. The van der Waals surface area contributed by atoms with Crippen LogP contribution in [-0.2, 0) is 4.79 Å². The van der Waals surface area contributed by atoms with E-state index in [1.54, 1.807) is 0 Å². The zero-order chi connectivity index (χ0) is 10.9. The fourth-order valence-corrected chi connectivity index (χ4v) is 2.46. The number of nitrogens with two attached hydrogens (primary N) is 1. The topological polar surface area (TPSA) is 43.1 Å². The standard InChI is InChI=1S/C13H25NO/c14-10-6-2-1-3-9-13(15)11-12-7-4-5-8-12/h12H,1-11,14H2. The lowest BCUT2D eigenvalue weighted by Crippen LogP contribution is -2.05. The van der Waals surface area contributed by atoms with Gasteiger partial charge in [0.25, 0.3) is 0 Å². The summed E-state index contributed by atoms with van der Waals surface area (Å²) in [7, 11) is 0. The summed E-state index contributed by atoms with van der Waals surface area (Å²) in [5.41, 5.74) is 5.41. The third-order valence-corrected chi connectivity index (χ3v) is 3.40. The molecule has 1 saturated carbocycles. The van der Waals surface area contributed by atoms with E-state index >= 15 is 0 Å². The molecule has 0 saturated heterocycles. The van der Waals surface area contributed by atoms with E-state index < -0.39 is 0 Å². The molecule has 0 aromatic carbocycles. The Morgan fingerprint density at radius 1 is 1.07 bits per heavy atom. The SMILES string of the molecule is NCCCCCCC(=O)CC1CCCC1. The van der Waals surface area contributed by atoms with E-state index in [0.717, 1.165) is 38.1 Å². The van der Waals surface area contributed by atoms with Gasteiger partial charge in [0.05, 0.1) is 0 Å². The highest BCUT2D eigenvalue weighted by atomic mass is 16.1. The van der Waals surface area contributed by atoms with Crippen LogP contribution in [0.25, 0.3) is 0 Å². The first kappa shape index (κ1) is 12.7. The molecule has 0 aliphatic heterocycles. The van der Waals surface area contributed by atoms with Gasteiger partial charge < -0.3 is 5.73 Å². The maximum Gasteiger partial charge on any atom is 0.133 e. The third-order valence-electron chi connectivity index (χ3n) is 3.40. The van der Waals surface area contributed by atoms with E-state index in [1.165, 1.54) is 38.5 Å². The predicted molar refractivity (Wildman–Crippen MR) is 63.7 cm³/mol. The summed E-state index contributed by atoms with van der Waals surface area (Å²) >= 11 is 0. The minimum Gasteiger partial charge on any atom is -0.330 e. The first-order chi connectivity index (χ1) is 7.33. The van der Waals surface area contributed by atoms with Crippen LogP contribution in [-0.4, -0.2) is 12.3 Å². The van der Waals surface area contributed by atoms with Gasteiger partial charge in [-0.05, 0) is 25.3 Å². The van der Waals surface area contributed by atoms with E-state index in [0.29, 0.717) is 5.78 Å². The molecule has 88 valence electrons. The van der Waals surface area contributed by atoms with Crippen LogP contribution in [0.4, 0.5) is 0 Å². The highest BCUT2D eigenvalue weighted by molar-refractivity contribution is 5.78. The Hall–Kier alpha value is -0.370. The Labute approximate surface area is 93.6 Å². The van der Waals surface area contributed by atoms with Crippen molar-refractivity contribution >= 4 is 5.78 Å². The van der Waals surface area contributed by atoms with Crippen molar-refractivity contribution in [3.8, 4) is 0 Å². The molecule has 0 unspecified atom stereocenters. The second kappa shape index (κ2) is 7.86. The van der Waals surface area contributed by atoms with Crippen molar-refractivity contribution in [3.05, 3.63) is 0 Å². The van der Waals surface area contributed by atoms with Crippen LogP contribution in [0.3, 0.4) is 0 Å². The van der Waals surface area contributed by atoms with Crippen LogP contribution in [0, 0.1) is 5.92 Å². The summed E-state index contributed by atoms with van der Waals surface area (Å²) in [6, 6.07) is 0. The molecular weight excluding hydrogens is 186 g/mol. The number of carbonyl (C=O) groups excluding carboxylic acids is 1. The van der Waals surface area contributed by atoms with E-state index in [1.807, 2.05) is 0 Å². The quantitative estimate of drug-likeness (QED) is 0.627. The molecule has 0 heterocycles. The molecule has 0 spiro atoms. The van der Waals surface area contributed by atoms with Crippen molar-refractivity contribution in [2.24, 2.45) is 11.7 Å². The molecule has 0 atom stereocenters. The minimum absolute atomic E-state index is 0.495. The average Bonchev–Trinajstić information content (AvgIpc) is 2.70. The van der Waals surface area contributed by atoms with E-state index in [9.17, 15) is 4.79 Å². The summed E-state index contributed by atoms with van der Waals surface area (Å²) in [6.07, 6.45) is 11.5. The minimum atomic E-state index is 0.495. The number of unbranched alkanes of at least 4 members (excludes halogenated alkanes) is 3. The van der Waals surface area contributed by atoms with Crippen molar-refractivity contribution in [3.63, 3.8) is 0 Å². The summed E-state index contributed by atoms with van der Waals surface area (Å²) in [5, 5.41) is 0. The maximum absolute atomic E-state index is 11.6. The van der Waals surface area contributed by atoms with E-state index in [-0.39, 0.29) is 0 Å². The van der Waals surface area contributed by atoms with Crippen molar-refractivity contribution < 1.29 is 4.79 Å². The summed E-state index contributed by atoms with van der Waals surface area (Å²) in [6.45, 7) is 0.788. The van der Waals surface area contributed by atoms with Gasteiger partial charge in [0.2, 0.25) is 0 Å². The molecule has 1 aliphatic rings. The molecule has 1 rings (SSSR count). The van der Waals surface area contributed by atoms with Crippen LogP contribution in [0.1, 0.15) is 64.2 Å².